The molecule has 2 fully saturated rings. The van der Waals surface area contributed by atoms with Gasteiger partial charge in [0.05, 0.1) is 12.6 Å². The topological polar surface area (TPSA) is 78.9 Å². The number of nitrogens with one attached hydrogen (secondary N) is 1. The first kappa shape index (κ1) is 17.1. The average Bonchev–Trinajstić information content (AvgIpc) is 2.80. The molecule has 126 valence electrons. The van der Waals surface area contributed by atoms with Gasteiger partial charge in [-0.3, -0.25) is 9.69 Å². The lowest BCUT2D eigenvalue weighted by atomic mass is 9.95. The molecule has 1 saturated carbocycles. The highest BCUT2D eigenvalue weighted by Gasteiger charge is 2.41. The van der Waals surface area contributed by atoms with E-state index in [1.54, 1.807) is 20.8 Å². The fourth-order valence-electron chi connectivity index (χ4n) is 3.13. The lowest BCUT2D eigenvalue weighted by molar-refractivity contribution is -0.126. The van der Waals surface area contributed by atoms with Crippen LogP contribution in [-0.4, -0.2) is 52.3 Å². The van der Waals surface area contributed by atoms with Crippen molar-refractivity contribution < 1.29 is 19.4 Å². The number of nitrogens with zero attached hydrogens (tertiary/aromatic N) is 1. The molecule has 0 aromatic heterocycles. The fraction of sp³-hybridized carbons (Fsp3) is 0.875. The minimum atomic E-state index is -0.672. The Hall–Kier alpha value is -1.30. The van der Waals surface area contributed by atoms with E-state index in [4.69, 9.17) is 4.74 Å². The van der Waals surface area contributed by atoms with Crippen LogP contribution in [0.2, 0.25) is 0 Å². The summed E-state index contributed by atoms with van der Waals surface area (Å²) >= 11 is 0. The third kappa shape index (κ3) is 4.60. The number of hydrogen-bond donors (Lipinski definition) is 2. The van der Waals surface area contributed by atoms with Gasteiger partial charge in [0.15, 0.2) is 0 Å². The standard InChI is InChI=1S/C16H28N2O4/c1-16(2,3)22-15(21)18-10-12(19)9-13(18)14(20)17-11-7-5-4-6-8-11/h11-13,19H,4-10H2,1-3H3,(H,17,20)/t12-,13+/m0/s1. The average molecular weight is 312 g/mol. The molecule has 0 spiro atoms. The molecule has 1 saturated heterocycles. The molecule has 0 bridgehead atoms. The molecule has 22 heavy (non-hydrogen) atoms. The highest BCUT2D eigenvalue weighted by atomic mass is 16.6. The van der Waals surface area contributed by atoms with Gasteiger partial charge in [0.1, 0.15) is 11.6 Å². The predicted molar refractivity (Wildman–Crippen MR) is 82.4 cm³/mol. The molecule has 0 aromatic carbocycles. The zero-order valence-corrected chi connectivity index (χ0v) is 13.8. The van der Waals surface area contributed by atoms with E-state index in [9.17, 15) is 14.7 Å². The molecule has 2 aliphatic rings. The summed E-state index contributed by atoms with van der Waals surface area (Å²) in [6.07, 6.45) is 4.54. The summed E-state index contributed by atoms with van der Waals surface area (Å²) in [5.74, 6) is -0.172. The van der Waals surface area contributed by atoms with Gasteiger partial charge in [-0.25, -0.2) is 4.79 Å². The summed E-state index contributed by atoms with van der Waals surface area (Å²) in [6.45, 7) is 5.51. The van der Waals surface area contributed by atoms with E-state index >= 15 is 0 Å². The maximum Gasteiger partial charge on any atom is 0.411 e. The van der Waals surface area contributed by atoms with Gasteiger partial charge in [-0.2, -0.15) is 0 Å². The maximum atomic E-state index is 12.5. The van der Waals surface area contributed by atoms with Gasteiger partial charge in [0.2, 0.25) is 5.91 Å². The molecule has 2 amide bonds. The highest BCUT2D eigenvalue weighted by molar-refractivity contribution is 5.86. The minimum absolute atomic E-state index is 0.150. The number of aliphatic hydroxyl groups excluding tert-OH is 1. The van der Waals surface area contributed by atoms with E-state index < -0.39 is 23.8 Å². The van der Waals surface area contributed by atoms with Gasteiger partial charge in [-0.05, 0) is 33.6 Å². The number of carbonyl (C=O) groups is 2. The number of amides is 2. The molecule has 2 atom stereocenters. The number of β-amino-alcohol motifs (C(OH)–C–C–N with tert-alkyl or cyclic N) is 1. The largest absolute Gasteiger partial charge is 0.444 e. The van der Waals surface area contributed by atoms with Crippen LogP contribution in [0.3, 0.4) is 0 Å². The Labute approximate surface area is 132 Å². The van der Waals surface area contributed by atoms with Gasteiger partial charge in [-0.1, -0.05) is 19.3 Å². The van der Waals surface area contributed by atoms with Crippen molar-refractivity contribution in [2.75, 3.05) is 6.54 Å². The van der Waals surface area contributed by atoms with E-state index in [0.29, 0.717) is 0 Å². The monoisotopic (exact) mass is 312 g/mol. The highest BCUT2D eigenvalue weighted by Crippen LogP contribution is 2.23. The molecule has 2 rings (SSSR count). The number of hydrogen-bond acceptors (Lipinski definition) is 4. The normalized spacial score (nSPS) is 26.8. The molecule has 1 heterocycles. The third-order valence-corrected chi connectivity index (χ3v) is 4.16. The summed E-state index contributed by atoms with van der Waals surface area (Å²) in [6, 6.07) is -0.439. The van der Waals surface area contributed by atoms with E-state index in [1.165, 1.54) is 11.3 Å². The summed E-state index contributed by atoms with van der Waals surface area (Å²) in [5, 5.41) is 12.9. The van der Waals surface area contributed by atoms with Crippen molar-refractivity contribution in [3.63, 3.8) is 0 Å². The Morgan fingerprint density at radius 2 is 1.82 bits per heavy atom. The number of rotatable bonds is 2. The second kappa shape index (κ2) is 6.86. The van der Waals surface area contributed by atoms with Crippen molar-refractivity contribution in [2.45, 2.75) is 83.1 Å². The third-order valence-electron chi connectivity index (χ3n) is 4.16. The molecule has 0 aromatic rings. The Morgan fingerprint density at radius 3 is 2.41 bits per heavy atom. The SMILES string of the molecule is CC(C)(C)OC(=O)N1C[C@@H](O)C[C@@H]1C(=O)NC1CCCCC1. The zero-order valence-electron chi connectivity index (χ0n) is 13.8. The summed E-state index contributed by atoms with van der Waals surface area (Å²) in [7, 11) is 0. The van der Waals surface area contributed by atoms with Gasteiger partial charge in [-0.15, -0.1) is 0 Å². The van der Waals surface area contributed by atoms with Crippen LogP contribution in [0.4, 0.5) is 4.79 Å². The lowest BCUT2D eigenvalue weighted by Gasteiger charge is -2.29. The zero-order chi connectivity index (χ0) is 16.3. The Bertz CT molecular complexity index is 413. The quantitative estimate of drug-likeness (QED) is 0.815. The van der Waals surface area contributed by atoms with E-state index in [1.807, 2.05) is 0 Å². The Kier molecular flexibility index (Phi) is 5.32. The van der Waals surface area contributed by atoms with Crippen LogP contribution in [0.25, 0.3) is 0 Å². The minimum Gasteiger partial charge on any atom is -0.444 e. The Balaban J connectivity index is 1.97. The molecular weight excluding hydrogens is 284 g/mol. The van der Waals surface area contributed by atoms with E-state index in [-0.39, 0.29) is 24.9 Å². The molecule has 2 N–H and O–H groups in total. The smallest absolute Gasteiger partial charge is 0.411 e. The fourth-order valence-corrected chi connectivity index (χ4v) is 3.13. The van der Waals surface area contributed by atoms with E-state index in [2.05, 4.69) is 5.32 Å². The molecule has 0 unspecified atom stereocenters. The molecular formula is C16H28N2O4. The lowest BCUT2D eigenvalue weighted by Crippen LogP contribution is -2.50. The number of aliphatic hydroxyl groups is 1. The van der Waals surface area contributed by atoms with Crippen molar-refractivity contribution in [1.82, 2.24) is 10.2 Å². The van der Waals surface area contributed by atoms with Crippen molar-refractivity contribution in [3.8, 4) is 0 Å². The van der Waals surface area contributed by atoms with E-state index in [0.717, 1.165) is 25.7 Å². The first-order valence-electron chi connectivity index (χ1n) is 8.24. The maximum absolute atomic E-state index is 12.5. The summed E-state index contributed by atoms with van der Waals surface area (Å²) < 4.78 is 5.34. The van der Waals surface area contributed by atoms with Crippen molar-refractivity contribution >= 4 is 12.0 Å². The van der Waals surface area contributed by atoms with Gasteiger partial charge in [0.25, 0.3) is 0 Å². The predicted octanol–water partition coefficient (Wildman–Crippen LogP) is 1.81. The van der Waals surface area contributed by atoms with Crippen LogP contribution in [0.1, 0.15) is 59.3 Å². The first-order valence-corrected chi connectivity index (χ1v) is 8.24. The summed E-state index contributed by atoms with van der Waals surface area (Å²) in [5.41, 5.74) is -0.616. The van der Waals surface area contributed by atoms with Crippen LogP contribution in [0.15, 0.2) is 0 Å². The van der Waals surface area contributed by atoms with Crippen LogP contribution < -0.4 is 5.32 Å². The second-order valence-corrected chi connectivity index (χ2v) is 7.38. The molecule has 1 aliphatic heterocycles. The van der Waals surface area contributed by atoms with Gasteiger partial charge in [0, 0.05) is 12.5 Å². The molecule has 1 aliphatic carbocycles. The molecule has 0 radical (unpaired) electrons. The van der Waals surface area contributed by atoms with Gasteiger partial charge < -0.3 is 15.2 Å². The van der Waals surface area contributed by atoms with Crippen LogP contribution in [-0.2, 0) is 9.53 Å². The number of likely N-dealkylation sites (tertiary alicyclic amines) is 1. The summed E-state index contributed by atoms with van der Waals surface area (Å²) in [4.78, 5) is 26.0. The van der Waals surface area contributed by atoms with Crippen molar-refractivity contribution in [1.29, 1.82) is 0 Å². The number of ether oxygens (including phenoxy) is 1. The van der Waals surface area contributed by atoms with Crippen molar-refractivity contribution in [3.05, 3.63) is 0 Å². The van der Waals surface area contributed by atoms with Crippen LogP contribution >= 0.6 is 0 Å². The number of carbonyl (C=O) groups excluding carboxylic acids is 2. The molecule has 6 heteroatoms. The Morgan fingerprint density at radius 1 is 1.18 bits per heavy atom. The second-order valence-electron chi connectivity index (χ2n) is 7.38. The van der Waals surface area contributed by atoms with Crippen LogP contribution in [0, 0.1) is 0 Å². The molecule has 6 nitrogen and oxygen atoms in total. The first-order chi connectivity index (χ1) is 10.3. The van der Waals surface area contributed by atoms with Crippen molar-refractivity contribution in [2.24, 2.45) is 0 Å². The van der Waals surface area contributed by atoms with Gasteiger partial charge >= 0.3 is 6.09 Å². The van der Waals surface area contributed by atoms with Crippen LogP contribution in [0.5, 0.6) is 0 Å².